The van der Waals surface area contributed by atoms with E-state index in [9.17, 15) is 4.39 Å². The van der Waals surface area contributed by atoms with Crippen LogP contribution in [0.2, 0.25) is 0 Å². The molecule has 0 radical (unpaired) electrons. The normalized spacial score (nSPS) is 10.4. The first-order chi connectivity index (χ1) is 6.70. The summed E-state index contributed by atoms with van der Waals surface area (Å²) in [7, 11) is 1.60. The third-order valence-electron chi connectivity index (χ3n) is 1.99. The van der Waals surface area contributed by atoms with Crippen molar-refractivity contribution in [3.63, 3.8) is 0 Å². The summed E-state index contributed by atoms with van der Waals surface area (Å²) in [6, 6.07) is 3.37. The number of halogens is 1. The molecule has 0 aromatic carbocycles. The number of anilines is 1. The average molecular weight is 192 g/mol. The highest BCUT2D eigenvalue weighted by Gasteiger charge is 2.14. The average Bonchev–Trinajstić information content (AvgIpc) is 2.47. The lowest BCUT2D eigenvalue weighted by Crippen LogP contribution is -1.97. The highest BCUT2D eigenvalue weighted by Crippen LogP contribution is 2.23. The van der Waals surface area contributed by atoms with Crippen molar-refractivity contribution in [3.8, 4) is 11.3 Å². The molecule has 0 atom stereocenters. The highest BCUT2D eigenvalue weighted by molar-refractivity contribution is 5.62. The molecule has 2 aromatic heterocycles. The van der Waals surface area contributed by atoms with E-state index in [0.717, 1.165) is 0 Å². The minimum atomic E-state index is -0.487. The van der Waals surface area contributed by atoms with E-state index < -0.39 is 5.82 Å². The molecule has 0 saturated carbocycles. The fourth-order valence-corrected chi connectivity index (χ4v) is 1.21. The van der Waals surface area contributed by atoms with E-state index in [0.29, 0.717) is 5.56 Å². The molecule has 0 unspecified atom stereocenters. The van der Waals surface area contributed by atoms with E-state index in [-0.39, 0.29) is 11.5 Å². The Balaban J connectivity index is 2.58. The van der Waals surface area contributed by atoms with Crippen LogP contribution in [0.25, 0.3) is 11.3 Å². The topological polar surface area (TPSA) is 56.7 Å². The number of nitrogen functional groups attached to an aromatic ring is 1. The summed E-state index contributed by atoms with van der Waals surface area (Å²) in [5.74, 6) is -0.449. The van der Waals surface area contributed by atoms with Crippen molar-refractivity contribution in [2.75, 3.05) is 5.73 Å². The van der Waals surface area contributed by atoms with Crippen molar-refractivity contribution in [2.24, 2.45) is 7.05 Å². The fraction of sp³-hybridized carbons (Fsp3) is 0.111. The molecule has 0 saturated heterocycles. The van der Waals surface area contributed by atoms with Gasteiger partial charge in [-0.05, 0) is 12.1 Å². The molecule has 72 valence electrons. The first-order valence-corrected chi connectivity index (χ1v) is 4.08. The zero-order valence-corrected chi connectivity index (χ0v) is 7.61. The third kappa shape index (κ3) is 1.22. The Morgan fingerprint density at radius 2 is 2.00 bits per heavy atom. The maximum atomic E-state index is 13.5. The summed E-state index contributed by atoms with van der Waals surface area (Å²) in [6.45, 7) is 0. The van der Waals surface area contributed by atoms with Crippen molar-refractivity contribution in [2.45, 2.75) is 0 Å². The number of pyridine rings is 1. The smallest absolute Gasteiger partial charge is 0.192 e. The fourth-order valence-electron chi connectivity index (χ4n) is 1.21. The van der Waals surface area contributed by atoms with Gasteiger partial charge < -0.3 is 5.73 Å². The van der Waals surface area contributed by atoms with Crippen LogP contribution >= 0.6 is 0 Å². The molecule has 0 spiro atoms. The Hall–Kier alpha value is -1.91. The Labute approximate surface area is 80.2 Å². The molecule has 2 aromatic rings. The summed E-state index contributed by atoms with van der Waals surface area (Å²) in [5, 5.41) is 3.97. The van der Waals surface area contributed by atoms with Gasteiger partial charge in [0.25, 0.3) is 0 Å². The van der Waals surface area contributed by atoms with Gasteiger partial charge in [0.15, 0.2) is 11.6 Å². The van der Waals surface area contributed by atoms with E-state index in [1.165, 1.54) is 4.68 Å². The number of nitrogens with two attached hydrogens (primary N) is 1. The van der Waals surface area contributed by atoms with Crippen LogP contribution in [0, 0.1) is 5.82 Å². The molecule has 4 nitrogen and oxygen atoms in total. The summed E-state index contributed by atoms with van der Waals surface area (Å²) >= 11 is 0. The monoisotopic (exact) mass is 192 g/mol. The Morgan fingerprint density at radius 3 is 2.50 bits per heavy atom. The molecule has 0 amide bonds. The standard InChI is InChI=1S/C9H9FN4/c1-14-9(11)7(10)8(13-14)6-2-4-12-5-3-6/h2-5H,11H2,1H3. The van der Waals surface area contributed by atoms with Gasteiger partial charge in [-0.3, -0.25) is 4.98 Å². The molecular formula is C9H9FN4. The van der Waals surface area contributed by atoms with Gasteiger partial charge in [-0.2, -0.15) is 5.10 Å². The van der Waals surface area contributed by atoms with Crippen LogP contribution < -0.4 is 5.73 Å². The Bertz CT molecular complexity index is 449. The van der Waals surface area contributed by atoms with Gasteiger partial charge in [0.2, 0.25) is 0 Å². The number of aromatic nitrogens is 3. The van der Waals surface area contributed by atoms with Gasteiger partial charge in [0.1, 0.15) is 5.69 Å². The molecule has 0 fully saturated rings. The van der Waals surface area contributed by atoms with Crippen molar-refractivity contribution in [1.29, 1.82) is 0 Å². The van der Waals surface area contributed by atoms with E-state index >= 15 is 0 Å². The van der Waals surface area contributed by atoms with Crippen LogP contribution in [0.5, 0.6) is 0 Å². The zero-order chi connectivity index (χ0) is 10.1. The number of hydrogen-bond acceptors (Lipinski definition) is 3. The van der Waals surface area contributed by atoms with Gasteiger partial charge in [0.05, 0.1) is 0 Å². The van der Waals surface area contributed by atoms with Crippen LogP contribution in [0.15, 0.2) is 24.5 Å². The van der Waals surface area contributed by atoms with Crippen LogP contribution in [-0.4, -0.2) is 14.8 Å². The second-order valence-corrected chi connectivity index (χ2v) is 2.91. The predicted octanol–water partition coefficient (Wildman–Crippen LogP) is 1.20. The molecule has 2 heterocycles. The largest absolute Gasteiger partial charge is 0.381 e. The highest BCUT2D eigenvalue weighted by atomic mass is 19.1. The second kappa shape index (κ2) is 3.10. The first-order valence-electron chi connectivity index (χ1n) is 4.08. The molecule has 2 rings (SSSR count). The summed E-state index contributed by atoms with van der Waals surface area (Å²) in [4.78, 5) is 3.84. The van der Waals surface area contributed by atoms with Crippen LogP contribution in [0.4, 0.5) is 10.2 Å². The Morgan fingerprint density at radius 1 is 1.36 bits per heavy atom. The van der Waals surface area contributed by atoms with Crippen molar-refractivity contribution < 1.29 is 4.39 Å². The third-order valence-corrected chi connectivity index (χ3v) is 1.99. The number of nitrogens with zero attached hydrogens (tertiary/aromatic N) is 3. The predicted molar refractivity (Wildman–Crippen MR) is 50.8 cm³/mol. The number of rotatable bonds is 1. The van der Waals surface area contributed by atoms with Gasteiger partial charge >= 0.3 is 0 Å². The Kier molecular flexibility index (Phi) is 1.92. The molecule has 14 heavy (non-hydrogen) atoms. The first kappa shape index (κ1) is 8.68. The molecular weight excluding hydrogens is 183 g/mol. The van der Waals surface area contributed by atoms with E-state index in [2.05, 4.69) is 10.1 Å². The van der Waals surface area contributed by atoms with Crippen LogP contribution in [0.1, 0.15) is 0 Å². The second-order valence-electron chi connectivity index (χ2n) is 2.91. The maximum Gasteiger partial charge on any atom is 0.192 e. The summed E-state index contributed by atoms with van der Waals surface area (Å²) in [6.07, 6.45) is 3.17. The van der Waals surface area contributed by atoms with E-state index in [1.807, 2.05) is 0 Å². The van der Waals surface area contributed by atoms with E-state index in [1.54, 1.807) is 31.6 Å². The molecule has 0 aliphatic heterocycles. The zero-order valence-electron chi connectivity index (χ0n) is 7.61. The molecule has 2 N–H and O–H groups in total. The lowest BCUT2D eigenvalue weighted by Gasteiger charge is -1.93. The van der Waals surface area contributed by atoms with Gasteiger partial charge in [-0.25, -0.2) is 9.07 Å². The minimum Gasteiger partial charge on any atom is -0.381 e. The van der Waals surface area contributed by atoms with Gasteiger partial charge in [-0.1, -0.05) is 0 Å². The quantitative estimate of drug-likeness (QED) is 0.738. The number of hydrogen-bond donors (Lipinski definition) is 1. The molecule has 5 heteroatoms. The number of aryl methyl sites for hydroxylation is 1. The minimum absolute atomic E-state index is 0.0387. The SMILES string of the molecule is Cn1nc(-c2ccncc2)c(F)c1N. The van der Waals surface area contributed by atoms with E-state index in [4.69, 9.17) is 5.73 Å². The lowest BCUT2D eigenvalue weighted by molar-refractivity contribution is 0.634. The van der Waals surface area contributed by atoms with Crippen LogP contribution in [0.3, 0.4) is 0 Å². The van der Waals surface area contributed by atoms with Gasteiger partial charge in [0, 0.05) is 25.0 Å². The van der Waals surface area contributed by atoms with Crippen molar-refractivity contribution in [3.05, 3.63) is 30.3 Å². The van der Waals surface area contributed by atoms with Crippen molar-refractivity contribution in [1.82, 2.24) is 14.8 Å². The van der Waals surface area contributed by atoms with Crippen LogP contribution in [-0.2, 0) is 7.05 Å². The molecule has 0 bridgehead atoms. The molecule has 0 aliphatic carbocycles. The summed E-state index contributed by atoms with van der Waals surface area (Å²) < 4.78 is 14.8. The molecule has 0 aliphatic rings. The summed E-state index contributed by atoms with van der Waals surface area (Å²) in [5.41, 5.74) is 6.38. The lowest BCUT2D eigenvalue weighted by atomic mass is 10.2. The van der Waals surface area contributed by atoms with Gasteiger partial charge in [-0.15, -0.1) is 0 Å². The maximum absolute atomic E-state index is 13.5. The van der Waals surface area contributed by atoms with Crippen molar-refractivity contribution >= 4 is 5.82 Å².